The number of carbonyl (C=O) groups excluding carboxylic acids is 2. The number of benzene rings is 3. The standard InChI is InChI=1S/C29H24ClN3O6/c1-33(20-7-5-19(30)6-8-20)21-9-11-26(31-16-21)27(34)17-4-10-25(24(14-17)29(36)37)32-28(35)18-12-22(38-2)15-23(13-18)39-3/h4-16H,1-3H3,(H,32,35)(H,36,37). The van der Waals surface area contributed by atoms with Crippen molar-refractivity contribution < 1.29 is 29.0 Å². The van der Waals surface area contributed by atoms with Crippen LogP contribution in [0.3, 0.4) is 0 Å². The van der Waals surface area contributed by atoms with Gasteiger partial charge in [0.15, 0.2) is 0 Å². The van der Waals surface area contributed by atoms with E-state index >= 15 is 0 Å². The number of carbonyl (C=O) groups is 3. The van der Waals surface area contributed by atoms with Crippen molar-refractivity contribution in [3.8, 4) is 11.5 Å². The van der Waals surface area contributed by atoms with Crippen molar-refractivity contribution in [3.05, 3.63) is 106 Å². The van der Waals surface area contributed by atoms with Crippen molar-refractivity contribution >= 4 is 46.3 Å². The predicted molar refractivity (Wildman–Crippen MR) is 148 cm³/mol. The maximum atomic E-state index is 13.1. The van der Waals surface area contributed by atoms with E-state index in [1.807, 2.05) is 24.1 Å². The summed E-state index contributed by atoms with van der Waals surface area (Å²) in [6.07, 6.45) is 1.55. The maximum Gasteiger partial charge on any atom is 0.337 e. The molecule has 4 rings (SSSR count). The number of ketones is 1. The summed E-state index contributed by atoms with van der Waals surface area (Å²) < 4.78 is 10.4. The highest BCUT2D eigenvalue weighted by Crippen LogP contribution is 2.27. The Labute approximate surface area is 229 Å². The normalized spacial score (nSPS) is 10.5. The van der Waals surface area contributed by atoms with Crippen LogP contribution < -0.4 is 19.7 Å². The minimum absolute atomic E-state index is 0.0266. The molecule has 0 unspecified atom stereocenters. The number of nitrogens with zero attached hydrogens (tertiary/aromatic N) is 2. The smallest absolute Gasteiger partial charge is 0.337 e. The van der Waals surface area contributed by atoms with Crippen LogP contribution in [0.5, 0.6) is 11.5 Å². The maximum absolute atomic E-state index is 13.1. The van der Waals surface area contributed by atoms with Crippen molar-refractivity contribution in [3.63, 3.8) is 0 Å². The number of anilines is 3. The van der Waals surface area contributed by atoms with E-state index in [4.69, 9.17) is 21.1 Å². The topological polar surface area (TPSA) is 118 Å². The van der Waals surface area contributed by atoms with Gasteiger partial charge in [0.2, 0.25) is 5.78 Å². The molecule has 1 heterocycles. The summed E-state index contributed by atoms with van der Waals surface area (Å²) in [5.41, 5.74) is 1.86. The van der Waals surface area contributed by atoms with Crippen LogP contribution in [0, 0.1) is 0 Å². The zero-order valence-electron chi connectivity index (χ0n) is 21.3. The molecular weight excluding hydrogens is 522 g/mol. The van der Waals surface area contributed by atoms with Crippen LogP contribution in [0.2, 0.25) is 5.02 Å². The molecule has 0 fully saturated rings. The molecule has 0 aliphatic heterocycles. The first-order valence-corrected chi connectivity index (χ1v) is 12.0. The van der Waals surface area contributed by atoms with Crippen LogP contribution >= 0.6 is 11.6 Å². The van der Waals surface area contributed by atoms with Gasteiger partial charge < -0.3 is 24.8 Å². The SMILES string of the molecule is COc1cc(OC)cc(C(=O)Nc2ccc(C(=O)c3ccc(N(C)c4ccc(Cl)cc4)cn3)cc2C(=O)O)c1. The molecule has 10 heteroatoms. The first-order valence-electron chi connectivity index (χ1n) is 11.6. The van der Waals surface area contributed by atoms with E-state index < -0.39 is 17.7 Å². The van der Waals surface area contributed by atoms with Crippen molar-refractivity contribution in [1.29, 1.82) is 0 Å². The molecule has 0 aliphatic carbocycles. The van der Waals surface area contributed by atoms with Crippen LogP contribution in [0.25, 0.3) is 0 Å². The monoisotopic (exact) mass is 545 g/mol. The lowest BCUT2D eigenvalue weighted by Gasteiger charge is -2.19. The number of methoxy groups -OCH3 is 2. The van der Waals surface area contributed by atoms with Crippen molar-refractivity contribution in [2.45, 2.75) is 0 Å². The van der Waals surface area contributed by atoms with Gasteiger partial charge in [-0.25, -0.2) is 4.79 Å². The number of aromatic nitrogens is 1. The molecule has 1 amide bonds. The zero-order chi connectivity index (χ0) is 28.1. The Morgan fingerprint density at radius 1 is 0.846 bits per heavy atom. The van der Waals surface area contributed by atoms with Gasteiger partial charge in [-0.3, -0.25) is 14.6 Å². The molecule has 0 aliphatic rings. The molecule has 3 aromatic carbocycles. The first kappa shape index (κ1) is 27.2. The number of aromatic carboxylic acids is 1. The van der Waals surface area contributed by atoms with Gasteiger partial charge in [0.05, 0.1) is 37.4 Å². The van der Waals surface area contributed by atoms with Gasteiger partial charge in [0.25, 0.3) is 5.91 Å². The molecule has 0 saturated heterocycles. The number of carboxylic acids is 1. The fraction of sp³-hybridized carbons (Fsp3) is 0.103. The van der Waals surface area contributed by atoms with Crippen molar-refractivity contribution in [1.82, 2.24) is 4.98 Å². The number of halogens is 1. The van der Waals surface area contributed by atoms with E-state index in [0.717, 1.165) is 11.4 Å². The highest BCUT2D eigenvalue weighted by molar-refractivity contribution is 6.30. The Balaban J connectivity index is 1.55. The fourth-order valence-corrected chi connectivity index (χ4v) is 3.91. The van der Waals surface area contributed by atoms with E-state index in [9.17, 15) is 19.5 Å². The molecule has 198 valence electrons. The number of hydrogen-bond acceptors (Lipinski definition) is 7. The van der Waals surface area contributed by atoms with Gasteiger partial charge >= 0.3 is 5.97 Å². The van der Waals surface area contributed by atoms with Crippen LogP contribution in [0.1, 0.15) is 36.8 Å². The third-order valence-electron chi connectivity index (χ3n) is 5.96. The van der Waals surface area contributed by atoms with E-state index in [1.54, 1.807) is 36.5 Å². The number of nitrogens with one attached hydrogen (secondary N) is 1. The minimum Gasteiger partial charge on any atom is -0.497 e. The summed E-state index contributed by atoms with van der Waals surface area (Å²) in [6, 6.07) is 19.2. The lowest BCUT2D eigenvalue weighted by Crippen LogP contribution is -2.16. The average Bonchev–Trinajstić information content (AvgIpc) is 2.96. The lowest BCUT2D eigenvalue weighted by atomic mass is 10.0. The highest BCUT2D eigenvalue weighted by atomic mass is 35.5. The van der Waals surface area contributed by atoms with Gasteiger partial charge in [0.1, 0.15) is 17.2 Å². The number of hydrogen-bond donors (Lipinski definition) is 2. The van der Waals surface area contributed by atoms with Gasteiger partial charge in [-0.15, -0.1) is 0 Å². The number of rotatable bonds is 9. The molecule has 9 nitrogen and oxygen atoms in total. The Morgan fingerprint density at radius 2 is 1.49 bits per heavy atom. The van der Waals surface area contributed by atoms with E-state index in [-0.39, 0.29) is 28.1 Å². The first-order chi connectivity index (χ1) is 18.7. The largest absolute Gasteiger partial charge is 0.497 e. The van der Waals surface area contributed by atoms with Crippen LogP contribution in [-0.4, -0.2) is 49.0 Å². The Hall–Kier alpha value is -4.89. The summed E-state index contributed by atoms with van der Waals surface area (Å²) in [4.78, 5) is 44.1. The molecule has 39 heavy (non-hydrogen) atoms. The number of amides is 1. The van der Waals surface area contributed by atoms with Crippen molar-refractivity contribution in [2.24, 2.45) is 0 Å². The predicted octanol–water partition coefficient (Wildman–Crippen LogP) is 5.70. The zero-order valence-corrected chi connectivity index (χ0v) is 22.0. The summed E-state index contributed by atoms with van der Waals surface area (Å²) >= 11 is 5.96. The Bertz CT molecular complexity index is 1520. The number of carboxylic acid groups (broad SMARTS) is 1. The van der Waals surface area contributed by atoms with E-state index in [2.05, 4.69) is 10.3 Å². The van der Waals surface area contributed by atoms with Crippen LogP contribution in [0.4, 0.5) is 17.1 Å². The summed E-state index contributed by atoms with van der Waals surface area (Å²) in [6.45, 7) is 0. The molecule has 0 atom stereocenters. The average molecular weight is 546 g/mol. The minimum atomic E-state index is -1.31. The summed E-state index contributed by atoms with van der Waals surface area (Å²) in [5.74, 6) is -1.55. The van der Waals surface area contributed by atoms with Crippen LogP contribution in [-0.2, 0) is 0 Å². The lowest BCUT2D eigenvalue weighted by molar-refractivity contribution is 0.0698. The fourth-order valence-electron chi connectivity index (χ4n) is 3.78. The number of ether oxygens (including phenoxy) is 2. The highest BCUT2D eigenvalue weighted by Gasteiger charge is 2.19. The van der Waals surface area contributed by atoms with Gasteiger partial charge in [0, 0.05) is 35.0 Å². The second-order valence-corrected chi connectivity index (χ2v) is 8.82. The number of pyridine rings is 1. The molecule has 2 N–H and O–H groups in total. The Morgan fingerprint density at radius 3 is 2.05 bits per heavy atom. The quantitative estimate of drug-likeness (QED) is 0.257. The van der Waals surface area contributed by atoms with Gasteiger partial charge in [-0.05, 0) is 66.7 Å². The summed E-state index contributed by atoms with van der Waals surface area (Å²) in [5, 5.41) is 13.0. The molecule has 0 spiro atoms. The molecule has 1 aromatic heterocycles. The second kappa shape index (κ2) is 11.7. The molecule has 4 aromatic rings. The second-order valence-electron chi connectivity index (χ2n) is 8.39. The van der Waals surface area contributed by atoms with Crippen LogP contribution in [0.15, 0.2) is 79.0 Å². The molecular formula is C29H24ClN3O6. The van der Waals surface area contributed by atoms with Crippen molar-refractivity contribution in [2.75, 3.05) is 31.5 Å². The molecule has 0 radical (unpaired) electrons. The molecule has 0 saturated carbocycles. The summed E-state index contributed by atoms with van der Waals surface area (Å²) in [7, 11) is 4.76. The Kier molecular flexibility index (Phi) is 8.12. The van der Waals surface area contributed by atoms with Gasteiger partial charge in [-0.2, -0.15) is 0 Å². The van der Waals surface area contributed by atoms with E-state index in [0.29, 0.717) is 16.5 Å². The molecule has 0 bridgehead atoms. The third kappa shape index (κ3) is 6.16. The third-order valence-corrected chi connectivity index (χ3v) is 6.21. The van der Waals surface area contributed by atoms with E-state index in [1.165, 1.54) is 44.6 Å². The van der Waals surface area contributed by atoms with Gasteiger partial charge in [-0.1, -0.05) is 11.6 Å².